The Morgan fingerprint density at radius 2 is 1.90 bits per heavy atom. The van der Waals surface area contributed by atoms with E-state index < -0.39 is 0 Å². The molecule has 110 valence electrons. The first-order valence-corrected chi connectivity index (χ1v) is 7.04. The summed E-state index contributed by atoms with van der Waals surface area (Å²) in [5.41, 5.74) is 2.33. The molecule has 0 aliphatic rings. The summed E-state index contributed by atoms with van der Waals surface area (Å²) in [6.07, 6.45) is 0. The van der Waals surface area contributed by atoms with E-state index in [0.717, 1.165) is 11.3 Å². The fourth-order valence-electron chi connectivity index (χ4n) is 1.88. The minimum absolute atomic E-state index is 0.104. The second-order valence-electron chi connectivity index (χ2n) is 4.56. The van der Waals surface area contributed by atoms with Crippen LogP contribution in [0.15, 0.2) is 48.5 Å². The average Bonchev–Trinajstić information content (AvgIpc) is 2.48. The third-order valence-corrected chi connectivity index (χ3v) is 3.16. The second kappa shape index (κ2) is 7.78. The van der Waals surface area contributed by atoms with Crippen molar-refractivity contribution in [3.63, 3.8) is 0 Å². The lowest BCUT2D eigenvalue weighted by Gasteiger charge is -2.08. The standard InChI is InChI=1S/C16H17ClN2O2/c17-14-6-4-13(5-7-14)16(21)19-15-3-1-2-12(10-15)11-18-8-9-20/h1-7,10,18,20H,8-9,11H2,(H,19,21). The number of hydrogen-bond acceptors (Lipinski definition) is 3. The minimum Gasteiger partial charge on any atom is -0.395 e. The Morgan fingerprint density at radius 1 is 1.14 bits per heavy atom. The summed E-state index contributed by atoms with van der Waals surface area (Å²) in [4.78, 5) is 12.1. The first-order valence-electron chi connectivity index (χ1n) is 6.66. The molecule has 0 bridgehead atoms. The molecule has 3 N–H and O–H groups in total. The Morgan fingerprint density at radius 3 is 2.62 bits per heavy atom. The fraction of sp³-hybridized carbons (Fsp3) is 0.188. The van der Waals surface area contributed by atoms with Crippen LogP contribution in [0.4, 0.5) is 5.69 Å². The van der Waals surface area contributed by atoms with Crippen molar-refractivity contribution in [3.05, 3.63) is 64.7 Å². The lowest BCUT2D eigenvalue weighted by Crippen LogP contribution is -2.17. The minimum atomic E-state index is -0.174. The van der Waals surface area contributed by atoms with Crippen molar-refractivity contribution < 1.29 is 9.90 Å². The Kier molecular flexibility index (Phi) is 5.75. The number of rotatable bonds is 6. The van der Waals surface area contributed by atoms with Gasteiger partial charge in [0.25, 0.3) is 5.91 Å². The SMILES string of the molecule is O=C(Nc1cccc(CNCCO)c1)c1ccc(Cl)cc1. The highest BCUT2D eigenvalue weighted by molar-refractivity contribution is 6.30. The number of aliphatic hydroxyl groups is 1. The van der Waals surface area contributed by atoms with E-state index in [1.54, 1.807) is 24.3 Å². The van der Waals surface area contributed by atoms with Crippen LogP contribution in [-0.4, -0.2) is 24.2 Å². The molecule has 4 nitrogen and oxygen atoms in total. The molecule has 0 saturated carbocycles. The molecule has 0 heterocycles. The zero-order valence-corrected chi connectivity index (χ0v) is 12.2. The highest BCUT2D eigenvalue weighted by Crippen LogP contribution is 2.14. The van der Waals surface area contributed by atoms with E-state index in [1.807, 2.05) is 24.3 Å². The molecule has 0 aromatic heterocycles. The topological polar surface area (TPSA) is 61.4 Å². The summed E-state index contributed by atoms with van der Waals surface area (Å²) >= 11 is 5.80. The van der Waals surface area contributed by atoms with Gasteiger partial charge in [-0.15, -0.1) is 0 Å². The predicted molar refractivity (Wildman–Crippen MR) is 84.6 cm³/mol. The van der Waals surface area contributed by atoms with E-state index >= 15 is 0 Å². The van der Waals surface area contributed by atoms with E-state index in [4.69, 9.17) is 16.7 Å². The van der Waals surface area contributed by atoms with Crippen molar-refractivity contribution in [2.75, 3.05) is 18.5 Å². The molecule has 2 rings (SSSR count). The number of hydrogen-bond donors (Lipinski definition) is 3. The van der Waals surface area contributed by atoms with E-state index in [9.17, 15) is 4.79 Å². The summed E-state index contributed by atoms with van der Waals surface area (Å²) < 4.78 is 0. The maximum atomic E-state index is 12.1. The second-order valence-corrected chi connectivity index (χ2v) is 5.00. The molecule has 0 aliphatic carbocycles. The number of anilines is 1. The van der Waals surface area contributed by atoms with E-state index in [1.165, 1.54) is 0 Å². The number of halogens is 1. The summed E-state index contributed by atoms with van der Waals surface area (Å²) in [6, 6.07) is 14.3. The van der Waals surface area contributed by atoms with Crippen LogP contribution in [0.5, 0.6) is 0 Å². The number of nitrogens with one attached hydrogen (secondary N) is 2. The fourth-order valence-corrected chi connectivity index (χ4v) is 2.00. The van der Waals surface area contributed by atoms with E-state index in [-0.39, 0.29) is 12.5 Å². The zero-order valence-electron chi connectivity index (χ0n) is 11.5. The molecule has 2 aromatic rings. The van der Waals surface area contributed by atoms with Crippen molar-refractivity contribution in [1.29, 1.82) is 0 Å². The van der Waals surface area contributed by atoms with Crippen LogP contribution < -0.4 is 10.6 Å². The highest BCUT2D eigenvalue weighted by Gasteiger charge is 2.06. The van der Waals surface area contributed by atoms with Gasteiger partial charge in [0.1, 0.15) is 0 Å². The van der Waals surface area contributed by atoms with Crippen molar-refractivity contribution in [2.45, 2.75) is 6.54 Å². The van der Waals surface area contributed by atoms with Gasteiger partial charge in [0, 0.05) is 29.4 Å². The van der Waals surface area contributed by atoms with Crippen LogP contribution in [0, 0.1) is 0 Å². The summed E-state index contributed by atoms with van der Waals surface area (Å²) in [6.45, 7) is 1.29. The number of carbonyl (C=O) groups excluding carboxylic acids is 1. The number of carbonyl (C=O) groups is 1. The number of aliphatic hydroxyl groups excluding tert-OH is 1. The van der Waals surface area contributed by atoms with Gasteiger partial charge in [-0.1, -0.05) is 23.7 Å². The van der Waals surface area contributed by atoms with E-state index in [2.05, 4.69) is 10.6 Å². The average molecular weight is 305 g/mol. The Bertz CT molecular complexity index is 599. The third kappa shape index (κ3) is 4.86. The molecule has 2 aromatic carbocycles. The van der Waals surface area contributed by atoms with Crippen LogP contribution in [0.3, 0.4) is 0 Å². The maximum Gasteiger partial charge on any atom is 0.255 e. The molecule has 0 spiro atoms. The van der Waals surface area contributed by atoms with Crippen molar-refractivity contribution in [2.24, 2.45) is 0 Å². The van der Waals surface area contributed by atoms with Gasteiger partial charge in [0.05, 0.1) is 6.61 Å². The van der Waals surface area contributed by atoms with E-state index in [0.29, 0.717) is 23.7 Å². The molecular formula is C16H17ClN2O2. The molecule has 0 unspecified atom stereocenters. The predicted octanol–water partition coefficient (Wildman–Crippen LogP) is 2.67. The number of benzene rings is 2. The van der Waals surface area contributed by atoms with Crippen LogP contribution in [0.25, 0.3) is 0 Å². The van der Waals surface area contributed by atoms with Crippen LogP contribution >= 0.6 is 11.6 Å². The largest absolute Gasteiger partial charge is 0.395 e. The summed E-state index contributed by atoms with van der Waals surface area (Å²) in [5.74, 6) is -0.174. The first kappa shape index (κ1) is 15.5. The molecular weight excluding hydrogens is 288 g/mol. The number of amides is 1. The Labute approximate surface area is 128 Å². The zero-order chi connectivity index (χ0) is 15.1. The summed E-state index contributed by atoms with van der Waals surface area (Å²) in [5, 5.41) is 15.3. The van der Waals surface area contributed by atoms with Gasteiger partial charge in [-0.05, 0) is 42.0 Å². The molecule has 0 fully saturated rings. The van der Waals surface area contributed by atoms with Gasteiger partial charge in [-0.2, -0.15) is 0 Å². The molecule has 0 radical (unpaired) electrons. The molecule has 21 heavy (non-hydrogen) atoms. The molecule has 1 amide bonds. The van der Waals surface area contributed by atoms with Gasteiger partial charge < -0.3 is 15.7 Å². The summed E-state index contributed by atoms with van der Waals surface area (Å²) in [7, 11) is 0. The van der Waals surface area contributed by atoms with Crippen molar-refractivity contribution >= 4 is 23.2 Å². The highest BCUT2D eigenvalue weighted by atomic mass is 35.5. The normalized spacial score (nSPS) is 10.4. The van der Waals surface area contributed by atoms with Crippen molar-refractivity contribution in [3.8, 4) is 0 Å². The Hall–Kier alpha value is -1.88. The quantitative estimate of drug-likeness (QED) is 0.719. The van der Waals surface area contributed by atoms with Gasteiger partial charge in [0.2, 0.25) is 0 Å². The maximum absolute atomic E-state index is 12.1. The van der Waals surface area contributed by atoms with Gasteiger partial charge in [0.15, 0.2) is 0 Å². The van der Waals surface area contributed by atoms with Crippen LogP contribution in [-0.2, 0) is 6.54 Å². The van der Waals surface area contributed by atoms with Gasteiger partial charge >= 0.3 is 0 Å². The molecule has 0 atom stereocenters. The lowest BCUT2D eigenvalue weighted by atomic mass is 10.1. The third-order valence-electron chi connectivity index (χ3n) is 2.91. The van der Waals surface area contributed by atoms with Gasteiger partial charge in [-0.25, -0.2) is 0 Å². The van der Waals surface area contributed by atoms with Gasteiger partial charge in [-0.3, -0.25) is 4.79 Å². The van der Waals surface area contributed by atoms with Crippen LogP contribution in [0.2, 0.25) is 5.02 Å². The monoisotopic (exact) mass is 304 g/mol. The molecule has 5 heteroatoms. The first-order chi connectivity index (χ1) is 10.2. The van der Waals surface area contributed by atoms with Crippen molar-refractivity contribution in [1.82, 2.24) is 5.32 Å². The Balaban J connectivity index is 2.00. The molecule has 0 aliphatic heterocycles. The smallest absolute Gasteiger partial charge is 0.255 e. The van der Waals surface area contributed by atoms with Crippen LogP contribution in [0.1, 0.15) is 15.9 Å². The molecule has 0 saturated heterocycles. The lowest BCUT2D eigenvalue weighted by molar-refractivity contribution is 0.102.